The predicted octanol–water partition coefficient (Wildman–Crippen LogP) is 1.91. The summed E-state index contributed by atoms with van der Waals surface area (Å²) in [6.07, 6.45) is 3.55. The van der Waals surface area contributed by atoms with Crippen LogP contribution in [0.2, 0.25) is 0 Å². The molecule has 0 unspecified atom stereocenters. The lowest BCUT2D eigenvalue weighted by atomic mass is 10.2. The van der Waals surface area contributed by atoms with E-state index in [1.165, 1.54) is 0 Å². The van der Waals surface area contributed by atoms with Crippen molar-refractivity contribution in [2.45, 2.75) is 25.6 Å². The molecule has 2 atom stereocenters. The number of hydrogen-bond donors (Lipinski definition) is 1. The first-order chi connectivity index (χ1) is 12.8. The molecule has 0 saturated carbocycles. The van der Waals surface area contributed by atoms with Crippen LogP contribution in [0.4, 0.5) is 0 Å². The number of aryl methyl sites for hydroxylation is 1. The second kappa shape index (κ2) is 7.63. The third-order valence-corrected chi connectivity index (χ3v) is 4.29. The Morgan fingerprint density at radius 2 is 2.04 bits per heavy atom. The Kier molecular flexibility index (Phi) is 4.90. The highest BCUT2D eigenvalue weighted by Gasteiger charge is 2.30. The Labute approximate surface area is 152 Å². The smallest absolute Gasteiger partial charge is 0.158 e. The zero-order valence-corrected chi connectivity index (χ0v) is 14.6. The van der Waals surface area contributed by atoms with Crippen molar-refractivity contribution in [3.63, 3.8) is 0 Å². The van der Waals surface area contributed by atoms with Crippen LogP contribution in [0, 0.1) is 6.92 Å². The summed E-state index contributed by atoms with van der Waals surface area (Å²) in [5.41, 5.74) is 2.81. The van der Waals surface area contributed by atoms with E-state index in [1.54, 1.807) is 10.9 Å². The van der Waals surface area contributed by atoms with Gasteiger partial charge in [0.15, 0.2) is 5.75 Å². The first kappa shape index (κ1) is 16.7. The van der Waals surface area contributed by atoms with Crippen LogP contribution in [0.1, 0.15) is 11.4 Å². The first-order valence-corrected chi connectivity index (χ1v) is 8.65. The molecule has 1 aliphatic rings. The molecule has 0 amide bonds. The standard InChI is InChI=1S/C19H21N5O2/c1-14-7-8-15(23-22-14)9-20-18-12-25-13-19(18)26-17-10-21-24(11-17)16-5-3-2-4-6-16/h2-8,10-11,18-20H,9,12-13H2,1H3/t18-,19+/m0/s1. The maximum atomic E-state index is 6.09. The molecule has 0 spiro atoms. The lowest BCUT2D eigenvalue weighted by Crippen LogP contribution is -2.41. The van der Waals surface area contributed by atoms with Gasteiger partial charge in [-0.3, -0.25) is 0 Å². The zero-order valence-electron chi connectivity index (χ0n) is 14.6. The molecule has 134 valence electrons. The number of aromatic nitrogens is 4. The van der Waals surface area contributed by atoms with Crippen LogP contribution < -0.4 is 10.1 Å². The summed E-state index contributed by atoms with van der Waals surface area (Å²) in [7, 11) is 0. The number of para-hydroxylation sites is 1. The molecule has 7 heteroatoms. The fourth-order valence-electron chi connectivity index (χ4n) is 2.86. The van der Waals surface area contributed by atoms with E-state index in [1.807, 2.05) is 55.6 Å². The summed E-state index contributed by atoms with van der Waals surface area (Å²) < 4.78 is 13.5. The lowest BCUT2D eigenvalue weighted by molar-refractivity contribution is 0.139. The predicted molar refractivity (Wildman–Crippen MR) is 96.2 cm³/mol. The minimum Gasteiger partial charge on any atom is -0.483 e. The van der Waals surface area contributed by atoms with E-state index in [-0.39, 0.29) is 12.1 Å². The Morgan fingerprint density at radius 1 is 1.15 bits per heavy atom. The van der Waals surface area contributed by atoms with Crippen LogP contribution in [0.25, 0.3) is 5.69 Å². The molecule has 1 aliphatic heterocycles. The minimum absolute atomic E-state index is 0.0677. The van der Waals surface area contributed by atoms with E-state index in [0.29, 0.717) is 19.8 Å². The highest BCUT2D eigenvalue weighted by molar-refractivity contribution is 5.32. The lowest BCUT2D eigenvalue weighted by Gasteiger charge is -2.19. The molecule has 26 heavy (non-hydrogen) atoms. The van der Waals surface area contributed by atoms with Gasteiger partial charge in [-0.25, -0.2) is 4.68 Å². The quantitative estimate of drug-likeness (QED) is 0.731. The molecule has 0 bridgehead atoms. The molecular weight excluding hydrogens is 330 g/mol. The third-order valence-electron chi connectivity index (χ3n) is 4.29. The summed E-state index contributed by atoms with van der Waals surface area (Å²) in [6, 6.07) is 14.0. The number of nitrogens with one attached hydrogen (secondary N) is 1. The van der Waals surface area contributed by atoms with E-state index < -0.39 is 0 Å². The molecule has 0 radical (unpaired) electrons. The summed E-state index contributed by atoms with van der Waals surface area (Å²) in [4.78, 5) is 0. The summed E-state index contributed by atoms with van der Waals surface area (Å²) >= 11 is 0. The Bertz CT molecular complexity index is 835. The van der Waals surface area contributed by atoms with Crippen molar-refractivity contribution < 1.29 is 9.47 Å². The fourth-order valence-corrected chi connectivity index (χ4v) is 2.86. The van der Waals surface area contributed by atoms with Gasteiger partial charge in [-0.1, -0.05) is 18.2 Å². The zero-order chi connectivity index (χ0) is 17.8. The maximum absolute atomic E-state index is 6.09. The fraction of sp³-hybridized carbons (Fsp3) is 0.316. The average molecular weight is 351 g/mol. The van der Waals surface area contributed by atoms with Gasteiger partial charge in [0.1, 0.15) is 6.10 Å². The molecule has 1 saturated heterocycles. The topological polar surface area (TPSA) is 74.1 Å². The van der Waals surface area contributed by atoms with Crippen molar-refractivity contribution in [1.82, 2.24) is 25.3 Å². The van der Waals surface area contributed by atoms with Crippen molar-refractivity contribution in [3.8, 4) is 11.4 Å². The number of benzene rings is 1. The Hall–Kier alpha value is -2.77. The average Bonchev–Trinajstić information content (AvgIpc) is 3.32. The van der Waals surface area contributed by atoms with Crippen LogP contribution in [-0.2, 0) is 11.3 Å². The monoisotopic (exact) mass is 351 g/mol. The van der Waals surface area contributed by atoms with Gasteiger partial charge in [-0.05, 0) is 31.2 Å². The van der Waals surface area contributed by atoms with Crippen LogP contribution >= 0.6 is 0 Å². The van der Waals surface area contributed by atoms with Gasteiger partial charge in [0.2, 0.25) is 0 Å². The molecule has 1 N–H and O–H groups in total. The number of nitrogens with zero attached hydrogens (tertiary/aromatic N) is 4. The van der Waals surface area contributed by atoms with E-state index in [4.69, 9.17) is 9.47 Å². The Morgan fingerprint density at radius 3 is 2.85 bits per heavy atom. The number of rotatable bonds is 6. The third kappa shape index (κ3) is 3.89. The normalized spacial score (nSPS) is 19.6. The molecule has 4 rings (SSSR count). The molecule has 3 aromatic rings. The molecule has 2 aromatic heterocycles. The Balaban J connectivity index is 1.36. The van der Waals surface area contributed by atoms with Crippen LogP contribution in [0.5, 0.6) is 5.75 Å². The maximum Gasteiger partial charge on any atom is 0.158 e. The molecule has 1 fully saturated rings. The van der Waals surface area contributed by atoms with E-state index >= 15 is 0 Å². The highest BCUT2D eigenvalue weighted by Crippen LogP contribution is 2.18. The largest absolute Gasteiger partial charge is 0.483 e. The first-order valence-electron chi connectivity index (χ1n) is 8.65. The summed E-state index contributed by atoms with van der Waals surface area (Å²) in [6.45, 7) is 3.71. The van der Waals surface area contributed by atoms with Gasteiger partial charge in [0, 0.05) is 6.54 Å². The number of ether oxygens (including phenoxy) is 2. The van der Waals surface area contributed by atoms with Crippen molar-refractivity contribution in [1.29, 1.82) is 0 Å². The van der Waals surface area contributed by atoms with Gasteiger partial charge >= 0.3 is 0 Å². The number of hydrogen-bond acceptors (Lipinski definition) is 6. The molecule has 7 nitrogen and oxygen atoms in total. The van der Waals surface area contributed by atoms with Crippen molar-refractivity contribution in [2.24, 2.45) is 0 Å². The van der Waals surface area contributed by atoms with E-state index in [0.717, 1.165) is 22.8 Å². The van der Waals surface area contributed by atoms with Gasteiger partial charge in [-0.15, -0.1) is 0 Å². The summed E-state index contributed by atoms with van der Waals surface area (Å²) in [5, 5.41) is 16.1. The minimum atomic E-state index is -0.0677. The van der Waals surface area contributed by atoms with E-state index in [9.17, 15) is 0 Å². The van der Waals surface area contributed by atoms with E-state index in [2.05, 4.69) is 20.6 Å². The van der Waals surface area contributed by atoms with Crippen LogP contribution in [0.3, 0.4) is 0 Å². The van der Waals surface area contributed by atoms with Crippen molar-refractivity contribution >= 4 is 0 Å². The van der Waals surface area contributed by atoms with Gasteiger partial charge < -0.3 is 14.8 Å². The molecule has 0 aliphatic carbocycles. The van der Waals surface area contributed by atoms with Crippen LogP contribution in [0.15, 0.2) is 54.9 Å². The van der Waals surface area contributed by atoms with Crippen LogP contribution in [-0.4, -0.2) is 45.3 Å². The van der Waals surface area contributed by atoms with Crippen molar-refractivity contribution in [2.75, 3.05) is 13.2 Å². The second-order valence-corrected chi connectivity index (χ2v) is 6.30. The van der Waals surface area contributed by atoms with Gasteiger partial charge in [-0.2, -0.15) is 15.3 Å². The molecule has 3 heterocycles. The SMILES string of the molecule is Cc1ccc(CN[C@H]2COC[C@H]2Oc2cnn(-c3ccccc3)c2)nn1. The highest BCUT2D eigenvalue weighted by atomic mass is 16.5. The molecular formula is C19H21N5O2. The van der Waals surface area contributed by atoms with Gasteiger partial charge in [0.05, 0.1) is 48.7 Å². The van der Waals surface area contributed by atoms with Crippen molar-refractivity contribution in [3.05, 3.63) is 66.2 Å². The molecule has 1 aromatic carbocycles. The second-order valence-electron chi connectivity index (χ2n) is 6.30. The van der Waals surface area contributed by atoms with Gasteiger partial charge in [0.25, 0.3) is 0 Å². The summed E-state index contributed by atoms with van der Waals surface area (Å²) in [5.74, 6) is 0.728.